The fourth-order valence-electron chi connectivity index (χ4n) is 6.88. The molecule has 1 aliphatic rings. The van der Waals surface area contributed by atoms with Gasteiger partial charge in [0.05, 0.1) is 24.9 Å². The lowest BCUT2D eigenvalue weighted by Crippen LogP contribution is -2.44. The third-order valence-electron chi connectivity index (χ3n) is 10.1. The Hall–Kier alpha value is -5.98. The van der Waals surface area contributed by atoms with Crippen molar-refractivity contribution in [2.75, 3.05) is 20.8 Å². The molecule has 12 heteroatoms. The van der Waals surface area contributed by atoms with Crippen molar-refractivity contribution in [3.05, 3.63) is 125 Å². The summed E-state index contributed by atoms with van der Waals surface area (Å²) in [5.74, 6) is -1.65. The van der Waals surface area contributed by atoms with Crippen LogP contribution >= 0.6 is 0 Å². The Morgan fingerprint density at radius 2 is 1.52 bits per heavy atom. The molecule has 2 amide bonds. The summed E-state index contributed by atoms with van der Waals surface area (Å²) in [6.45, 7) is 3.93. The number of hydrogen-bond acceptors (Lipinski definition) is 7. The SMILES string of the molecule is CC(C)(O)[C@H](N)Cc1c[nH]c2ccccc12.CNC(=O)c1cc(F)cc(-c2cc3c(c(C(=O)N[C@H](Cc4c[nH]c5ccccc45)C(=O)OC)c2)OCCCC3)c1. The first-order valence-corrected chi connectivity index (χ1v) is 18.7. The molecule has 0 spiro atoms. The number of aromatic amines is 2. The number of esters is 1. The zero-order chi connectivity index (χ0) is 40.0. The van der Waals surface area contributed by atoms with Crippen LogP contribution in [-0.4, -0.2) is 71.3 Å². The lowest BCUT2D eigenvalue weighted by molar-refractivity contribution is -0.142. The van der Waals surface area contributed by atoms with Gasteiger partial charge in [-0.3, -0.25) is 9.59 Å². The predicted octanol–water partition coefficient (Wildman–Crippen LogP) is 6.37. The number of fused-ring (bicyclic) bond motifs is 3. The normalized spacial score (nSPS) is 13.7. The minimum atomic E-state index is -0.962. The van der Waals surface area contributed by atoms with Gasteiger partial charge in [-0.1, -0.05) is 36.4 Å². The fourth-order valence-corrected chi connectivity index (χ4v) is 6.88. The van der Waals surface area contributed by atoms with Gasteiger partial charge in [-0.25, -0.2) is 9.18 Å². The van der Waals surface area contributed by atoms with E-state index in [2.05, 4.69) is 26.7 Å². The standard InChI is InChI=1S/C31H30FN3O5.C13H18N2O/c1-33-29(36)21-12-19(13-23(32)14-21)20-11-18-7-5-6-10-40-28(18)25(15-20)30(37)35-27(31(38)39-2)16-22-17-34-26-9-4-3-8-24(22)26;1-13(2,16)12(14)7-9-8-15-11-6-4-3-5-10(9)11/h3-4,8-9,11-15,17,27,34H,5-7,10,16H2,1-2H3,(H,33,36)(H,35,37);3-6,8,12,15-16H,7,14H2,1-2H3/t27-;12-/m11/s1. The largest absolute Gasteiger partial charge is 0.492 e. The number of hydrogen-bond donors (Lipinski definition) is 6. The van der Waals surface area contributed by atoms with Crippen LogP contribution in [0.3, 0.4) is 0 Å². The predicted molar refractivity (Wildman–Crippen MR) is 215 cm³/mol. The van der Waals surface area contributed by atoms with Crippen molar-refractivity contribution in [2.45, 2.75) is 63.6 Å². The van der Waals surface area contributed by atoms with Gasteiger partial charge in [-0.2, -0.15) is 0 Å². The highest BCUT2D eigenvalue weighted by Gasteiger charge is 2.28. The van der Waals surface area contributed by atoms with E-state index in [1.165, 1.54) is 25.6 Å². The van der Waals surface area contributed by atoms with Gasteiger partial charge in [-0.15, -0.1) is 0 Å². The van der Waals surface area contributed by atoms with Gasteiger partial charge < -0.3 is 40.9 Å². The van der Waals surface area contributed by atoms with E-state index in [4.69, 9.17) is 15.2 Å². The maximum Gasteiger partial charge on any atom is 0.328 e. The van der Waals surface area contributed by atoms with Gasteiger partial charge in [0.2, 0.25) is 0 Å². The van der Waals surface area contributed by atoms with Gasteiger partial charge in [0, 0.05) is 59.3 Å². The average molecular weight is 762 g/mol. The zero-order valence-electron chi connectivity index (χ0n) is 32.0. The number of para-hydroxylation sites is 2. The van der Waals surface area contributed by atoms with Crippen LogP contribution in [0.25, 0.3) is 32.9 Å². The molecule has 1 aliphatic heterocycles. The number of ether oxygens (including phenoxy) is 2. The third kappa shape index (κ3) is 9.10. The van der Waals surface area contributed by atoms with E-state index in [0.29, 0.717) is 36.3 Å². The molecule has 56 heavy (non-hydrogen) atoms. The van der Waals surface area contributed by atoms with Gasteiger partial charge in [-0.05, 0) is 110 Å². The number of benzene rings is 4. The molecule has 0 bridgehead atoms. The topological polar surface area (TPSA) is 172 Å². The van der Waals surface area contributed by atoms with E-state index in [0.717, 1.165) is 52.0 Å². The fraction of sp³-hybridized carbons (Fsp3) is 0.295. The molecule has 3 heterocycles. The van der Waals surface area contributed by atoms with Crippen LogP contribution in [-0.2, 0) is 28.8 Å². The summed E-state index contributed by atoms with van der Waals surface area (Å²) >= 11 is 0. The first-order chi connectivity index (χ1) is 26.9. The monoisotopic (exact) mass is 761 g/mol. The molecular weight excluding hydrogens is 714 g/mol. The molecule has 0 fully saturated rings. The number of carbonyl (C=O) groups excluding carboxylic acids is 3. The highest BCUT2D eigenvalue weighted by atomic mass is 19.1. The molecule has 0 unspecified atom stereocenters. The molecular formula is C44H48FN5O6. The Balaban J connectivity index is 0.000000277. The summed E-state index contributed by atoms with van der Waals surface area (Å²) in [4.78, 5) is 45.2. The molecule has 0 radical (unpaired) electrons. The molecule has 2 aromatic heterocycles. The van der Waals surface area contributed by atoms with Crippen LogP contribution in [0.15, 0.2) is 91.3 Å². The molecule has 6 aromatic rings. The first kappa shape index (κ1) is 39.7. The smallest absolute Gasteiger partial charge is 0.328 e. The summed E-state index contributed by atoms with van der Waals surface area (Å²) < 4.78 is 25.6. The van der Waals surface area contributed by atoms with Crippen LogP contribution in [0.5, 0.6) is 5.75 Å². The Bertz CT molecular complexity index is 2360. The van der Waals surface area contributed by atoms with Gasteiger partial charge in [0.25, 0.3) is 11.8 Å². The van der Waals surface area contributed by atoms with Crippen LogP contribution in [0.1, 0.15) is 64.1 Å². The molecule has 4 aromatic carbocycles. The number of aliphatic hydroxyl groups is 1. The summed E-state index contributed by atoms with van der Waals surface area (Å²) in [6, 6.07) is 22.1. The summed E-state index contributed by atoms with van der Waals surface area (Å²) in [6.07, 6.45) is 7.01. The van der Waals surface area contributed by atoms with E-state index >= 15 is 0 Å². The quantitative estimate of drug-likeness (QED) is 0.0881. The number of H-pyrrole nitrogens is 2. The second kappa shape index (κ2) is 17.2. The van der Waals surface area contributed by atoms with Crippen LogP contribution in [0.2, 0.25) is 0 Å². The third-order valence-corrected chi connectivity index (χ3v) is 10.1. The van der Waals surface area contributed by atoms with E-state index in [9.17, 15) is 23.9 Å². The van der Waals surface area contributed by atoms with Crippen LogP contribution in [0, 0.1) is 5.82 Å². The van der Waals surface area contributed by atoms with Crippen molar-refractivity contribution in [1.82, 2.24) is 20.6 Å². The maximum absolute atomic E-state index is 14.5. The molecule has 292 valence electrons. The Labute approximate surface area is 324 Å². The summed E-state index contributed by atoms with van der Waals surface area (Å²) in [7, 11) is 2.75. The number of amides is 2. The molecule has 0 saturated heterocycles. The number of carbonyl (C=O) groups is 3. The molecule has 0 saturated carbocycles. The second-order valence-electron chi connectivity index (χ2n) is 14.6. The summed E-state index contributed by atoms with van der Waals surface area (Å²) in [5.41, 5.74) is 11.4. The van der Waals surface area contributed by atoms with Crippen molar-refractivity contribution >= 4 is 39.6 Å². The van der Waals surface area contributed by atoms with Gasteiger partial charge >= 0.3 is 5.97 Å². The second-order valence-corrected chi connectivity index (χ2v) is 14.6. The molecule has 11 nitrogen and oxygen atoms in total. The number of nitrogens with two attached hydrogens (primary N) is 1. The highest BCUT2D eigenvalue weighted by Crippen LogP contribution is 2.35. The van der Waals surface area contributed by atoms with Crippen molar-refractivity contribution in [3.8, 4) is 16.9 Å². The minimum absolute atomic E-state index is 0.166. The Morgan fingerprint density at radius 1 is 0.893 bits per heavy atom. The van der Waals surface area contributed by atoms with Crippen molar-refractivity contribution in [1.29, 1.82) is 0 Å². The number of methoxy groups -OCH3 is 1. The minimum Gasteiger partial charge on any atom is -0.492 e. The van der Waals surface area contributed by atoms with Crippen molar-refractivity contribution in [3.63, 3.8) is 0 Å². The molecule has 2 atom stereocenters. The number of nitrogens with one attached hydrogen (secondary N) is 4. The number of aromatic nitrogens is 2. The number of rotatable bonds is 10. The highest BCUT2D eigenvalue weighted by molar-refractivity contribution is 6.01. The first-order valence-electron chi connectivity index (χ1n) is 18.7. The van der Waals surface area contributed by atoms with E-state index in [-0.39, 0.29) is 23.6 Å². The molecule has 7 N–H and O–H groups in total. The number of halogens is 1. The Morgan fingerprint density at radius 3 is 2.14 bits per heavy atom. The van der Waals surface area contributed by atoms with Crippen molar-refractivity contribution < 1.29 is 33.4 Å². The molecule has 7 rings (SSSR count). The lowest BCUT2D eigenvalue weighted by Gasteiger charge is -2.25. The summed E-state index contributed by atoms with van der Waals surface area (Å²) in [5, 5.41) is 17.3. The molecule has 0 aliphatic carbocycles. The number of aryl methyl sites for hydroxylation is 1. The Kier molecular flexibility index (Phi) is 12.2. The van der Waals surface area contributed by atoms with Crippen LogP contribution in [0.4, 0.5) is 4.39 Å². The van der Waals surface area contributed by atoms with E-state index < -0.39 is 35.2 Å². The van der Waals surface area contributed by atoms with Crippen molar-refractivity contribution in [2.24, 2.45) is 5.73 Å². The van der Waals surface area contributed by atoms with Gasteiger partial charge in [0.15, 0.2) is 0 Å². The van der Waals surface area contributed by atoms with E-state index in [1.807, 2.05) is 60.9 Å². The van der Waals surface area contributed by atoms with Crippen LogP contribution < -0.4 is 21.1 Å². The lowest BCUT2D eigenvalue weighted by atomic mass is 9.93. The van der Waals surface area contributed by atoms with Gasteiger partial charge in [0.1, 0.15) is 17.6 Å². The maximum atomic E-state index is 14.5. The van der Waals surface area contributed by atoms with E-state index in [1.54, 1.807) is 26.0 Å². The zero-order valence-corrected chi connectivity index (χ0v) is 32.0. The average Bonchev–Trinajstić information content (AvgIpc) is 3.71.